The van der Waals surface area contributed by atoms with E-state index in [9.17, 15) is 4.79 Å². The van der Waals surface area contributed by atoms with Crippen LogP contribution in [0.25, 0.3) is 11.3 Å². The summed E-state index contributed by atoms with van der Waals surface area (Å²) >= 11 is 0. The third kappa shape index (κ3) is 2.38. The van der Waals surface area contributed by atoms with Gasteiger partial charge in [-0.05, 0) is 36.5 Å². The van der Waals surface area contributed by atoms with Crippen LogP contribution in [0.5, 0.6) is 0 Å². The normalized spacial score (nSPS) is 14.4. The summed E-state index contributed by atoms with van der Waals surface area (Å²) in [6, 6.07) is 12.5. The minimum Gasteiger partial charge on any atom is -0.294 e. The molecule has 0 atom stereocenters. The Morgan fingerprint density at radius 3 is 2.45 bits per heavy atom. The van der Waals surface area contributed by atoms with Crippen LogP contribution in [0.3, 0.4) is 0 Å². The molecule has 20 heavy (non-hydrogen) atoms. The highest BCUT2D eigenvalue weighted by molar-refractivity contribution is 5.98. The largest absolute Gasteiger partial charge is 0.294 e. The molecule has 0 amide bonds. The number of aryl methyl sites for hydroxylation is 1. The van der Waals surface area contributed by atoms with Crippen molar-refractivity contribution in [3.8, 4) is 11.3 Å². The molecule has 2 aromatic rings. The van der Waals surface area contributed by atoms with Crippen LogP contribution in [0.1, 0.15) is 54.2 Å². The van der Waals surface area contributed by atoms with E-state index in [0.717, 1.165) is 35.4 Å². The number of Topliss-reactive ketones (excluding diaryl/α,β-unsaturated/α-hetero) is 1. The van der Waals surface area contributed by atoms with Crippen molar-refractivity contribution in [2.75, 3.05) is 0 Å². The Labute approximate surface area is 119 Å². The van der Waals surface area contributed by atoms with Crippen LogP contribution in [0, 0.1) is 0 Å². The van der Waals surface area contributed by atoms with Crippen molar-refractivity contribution in [2.45, 2.75) is 39.0 Å². The lowest BCUT2D eigenvalue weighted by Crippen LogP contribution is -2.12. The van der Waals surface area contributed by atoms with Crippen LogP contribution < -0.4 is 0 Å². The zero-order valence-corrected chi connectivity index (χ0v) is 12.0. The molecule has 0 fully saturated rings. The highest BCUT2D eigenvalue weighted by Crippen LogP contribution is 2.25. The van der Waals surface area contributed by atoms with Gasteiger partial charge in [-0.2, -0.15) is 0 Å². The van der Waals surface area contributed by atoms with Gasteiger partial charge in [0.1, 0.15) is 0 Å². The molecule has 2 nitrogen and oxygen atoms in total. The molecule has 0 saturated carbocycles. The van der Waals surface area contributed by atoms with Crippen molar-refractivity contribution in [2.24, 2.45) is 0 Å². The third-order valence-electron chi connectivity index (χ3n) is 3.97. The van der Waals surface area contributed by atoms with E-state index in [0.29, 0.717) is 12.3 Å². The molecule has 0 unspecified atom stereocenters. The number of carbonyl (C=O) groups excluding carboxylic acids is 1. The number of hydrogen-bond donors (Lipinski definition) is 0. The molecule has 0 radical (unpaired) electrons. The lowest BCUT2D eigenvalue weighted by Gasteiger charge is -2.15. The molecular formula is C18H19NO. The highest BCUT2D eigenvalue weighted by Gasteiger charge is 2.18. The van der Waals surface area contributed by atoms with E-state index in [-0.39, 0.29) is 5.78 Å². The fourth-order valence-corrected chi connectivity index (χ4v) is 2.70. The van der Waals surface area contributed by atoms with E-state index < -0.39 is 0 Å². The van der Waals surface area contributed by atoms with E-state index in [1.54, 1.807) is 0 Å². The van der Waals surface area contributed by atoms with Crippen LogP contribution in [0.2, 0.25) is 0 Å². The summed E-state index contributed by atoms with van der Waals surface area (Å²) in [5, 5.41) is 0. The summed E-state index contributed by atoms with van der Waals surface area (Å²) in [5.41, 5.74) is 5.20. The predicted octanol–water partition coefficient (Wildman–Crippen LogP) is 4.39. The molecular weight excluding hydrogens is 246 g/mol. The average molecular weight is 265 g/mol. The summed E-state index contributed by atoms with van der Waals surface area (Å²) in [7, 11) is 0. The van der Waals surface area contributed by atoms with Crippen LogP contribution in [0.4, 0.5) is 0 Å². The van der Waals surface area contributed by atoms with E-state index in [2.05, 4.69) is 43.1 Å². The second kappa shape index (κ2) is 5.20. The third-order valence-corrected chi connectivity index (χ3v) is 3.97. The first kappa shape index (κ1) is 13.0. The van der Waals surface area contributed by atoms with Gasteiger partial charge in [0.25, 0.3) is 0 Å². The van der Waals surface area contributed by atoms with Gasteiger partial charge in [0, 0.05) is 17.5 Å². The number of carbonyl (C=O) groups is 1. The van der Waals surface area contributed by atoms with Crippen molar-refractivity contribution in [1.82, 2.24) is 4.98 Å². The number of benzene rings is 1. The molecule has 1 aromatic heterocycles. The Morgan fingerprint density at radius 1 is 1.00 bits per heavy atom. The topological polar surface area (TPSA) is 30.0 Å². The fourth-order valence-electron chi connectivity index (χ4n) is 2.70. The van der Waals surface area contributed by atoms with Gasteiger partial charge >= 0.3 is 0 Å². The van der Waals surface area contributed by atoms with Crippen molar-refractivity contribution < 1.29 is 4.79 Å². The van der Waals surface area contributed by atoms with Gasteiger partial charge in [0.2, 0.25) is 0 Å². The first-order chi connectivity index (χ1) is 9.65. The second-order valence-corrected chi connectivity index (χ2v) is 5.74. The number of rotatable bonds is 2. The molecule has 0 N–H and O–H groups in total. The Hall–Kier alpha value is -1.96. The van der Waals surface area contributed by atoms with Crippen molar-refractivity contribution >= 4 is 5.78 Å². The lowest BCUT2D eigenvalue weighted by atomic mass is 9.94. The molecule has 2 heteroatoms. The van der Waals surface area contributed by atoms with Gasteiger partial charge in [0.15, 0.2) is 5.78 Å². The van der Waals surface area contributed by atoms with Gasteiger partial charge < -0.3 is 0 Å². The summed E-state index contributed by atoms with van der Waals surface area (Å²) in [6.07, 6.45) is 2.50. The molecule has 0 aliphatic heterocycles. The first-order valence-corrected chi connectivity index (χ1v) is 7.28. The zero-order chi connectivity index (χ0) is 14.1. The van der Waals surface area contributed by atoms with Crippen molar-refractivity contribution in [1.29, 1.82) is 0 Å². The van der Waals surface area contributed by atoms with Crippen LogP contribution in [-0.4, -0.2) is 10.8 Å². The van der Waals surface area contributed by atoms with E-state index in [4.69, 9.17) is 0 Å². The maximum Gasteiger partial charge on any atom is 0.164 e. The monoisotopic (exact) mass is 265 g/mol. The fraction of sp³-hybridized carbons (Fsp3) is 0.333. The van der Waals surface area contributed by atoms with Gasteiger partial charge in [-0.15, -0.1) is 0 Å². The molecule has 0 spiro atoms. The minimum absolute atomic E-state index is 0.237. The van der Waals surface area contributed by atoms with Gasteiger partial charge in [0.05, 0.1) is 11.4 Å². The van der Waals surface area contributed by atoms with Crippen LogP contribution in [-0.2, 0) is 6.42 Å². The molecule has 0 saturated heterocycles. The number of hydrogen-bond acceptors (Lipinski definition) is 2. The van der Waals surface area contributed by atoms with Gasteiger partial charge in [-0.3, -0.25) is 9.78 Å². The Bertz CT molecular complexity index is 641. The number of ketones is 1. The smallest absolute Gasteiger partial charge is 0.164 e. The summed E-state index contributed by atoms with van der Waals surface area (Å²) < 4.78 is 0. The highest BCUT2D eigenvalue weighted by atomic mass is 16.1. The van der Waals surface area contributed by atoms with Crippen molar-refractivity contribution in [3.05, 3.63) is 53.2 Å². The number of pyridine rings is 1. The number of fused-ring (bicyclic) bond motifs is 1. The molecule has 1 aromatic carbocycles. The quantitative estimate of drug-likeness (QED) is 0.806. The summed E-state index contributed by atoms with van der Waals surface area (Å²) in [5.74, 6) is 0.776. The number of nitrogens with zero attached hydrogens (tertiary/aromatic N) is 1. The first-order valence-electron chi connectivity index (χ1n) is 7.28. The van der Waals surface area contributed by atoms with Gasteiger partial charge in [-0.1, -0.05) is 38.1 Å². The van der Waals surface area contributed by atoms with Crippen LogP contribution in [0.15, 0.2) is 36.4 Å². The number of aromatic nitrogens is 1. The molecule has 102 valence electrons. The van der Waals surface area contributed by atoms with E-state index in [1.165, 1.54) is 5.56 Å². The van der Waals surface area contributed by atoms with E-state index >= 15 is 0 Å². The Morgan fingerprint density at radius 2 is 1.75 bits per heavy atom. The second-order valence-electron chi connectivity index (χ2n) is 5.74. The molecule has 1 aliphatic rings. The molecule has 3 rings (SSSR count). The van der Waals surface area contributed by atoms with Crippen LogP contribution >= 0.6 is 0 Å². The minimum atomic E-state index is 0.237. The molecule has 1 heterocycles. The molecule has 0 bridgehead atoms. The summed E-state index contributed by atoms with van der Waals surface area (Å²) in [4.78, 5) is 16.5. The van der Waals surface area contributed by atoms with Crippen molar-refractivity contribution in [3.63, 3.8) is 0 Å². The van der Waals surface area contributed by atoms with E-state index in [1.807, 2.05) is 12.1 Å². The standard InChI is InChI=1S/C18H19NO/c1-12(2)13-6-8-14(9-7-13)16-11-10-15-17(19-16)4-3-5-18(15)20/h6-12H,3-5H2,1-2H3. The Balaban J connectivity index is 1.96. The Kier molecular flexibility index (Phi) is 3.39. The average Bonchev–Trinajstić information content (AvgIpc) is 2.47. The zero-order valence-electron chi connectivity index (χ0n) is 12.0. The summed E-state index contributed by atoms with van der Waals surface area (Å²) in [6.45, 7) is 4.38. The SMILES string of the molecule is CC(C)c1ccc(-c2ccc3c(n2)CCCC3=O)cc1. The maximum absolute atomic E-state index is 11.8. The molecule has 1 aliphatic carbocycles. The van der Waals surface area contributed by atoms with Gasteiger partial charge in [-0.25, -0.2) is 0 Å². The predicted molar refractivity (Wildman–Crippen MR) is 81.0 cm³/mol. The lowest BCUT2D eigenvalue weighted by molar-refractivity contribution is 0.0971. The maximum atomic E-state index is 11.8.